The summed E-state index contributed by atoms with van der Waals surface area (Å²) in [5.74, 6) is -1.81. The van der Waals surface area contributed by atoms with Crippen molar-refractivity contribution in [3.63, 3.8) is 0 Å². The van der Waals surface area contributed by atoms with Crippen LogP contribution in [0, 0.1) is 0 Å². The first-order valence-corrected chi connectivity index (χ1v) is 55.7. The monoisotopic (exact) mass is 1100 g/mol. The Hall–Kier alpha value is -2.65. The molecule has 8 rings (SSSR count). The number of rotatable bonds is 13. The van der Waals surface area contributed by atoms with Crippen LogP contribution in [0.15, 0.2) is 132 Å². The Labute approximate surface area is 424 Å². The number of halogens is 2. The quantitative estimate of drug-likeness (QED) is 0.101. The zero-order valence-corrected chi connectivity index (χ0v) is 53.2. The van der Waals surface area contributed by atoms with Crippen LogP contribution in [0.25, 0.3) is 56.7 Å². The van der Waals surface area contributed by atoms with E-state index in [1.807, 2.05) is 0 Å². The Bertz CT molecular complexity index is 2720. The minimum absolute atomic E-state index is 0.0171. The van der Waals surface area contributed by atoms with Gasteiger partial charge in [-0.15, -0.1) is 0 Å². The van der Waals surface area contributed by atoms with Crippen LogP contribution in [0.1, 0.15) is 56.2 Å². The predicted molar refractivity (Wildman–Crippen MR) is 319 cm³/mol. The molecule has 6 aromatic rings. The van der Waals surface area contributed by atoms with Crippen molar-refractivity contribution < 1.29 is 15.6 Å². The summed E-state index contributed by atoms with van der Waals surface area (Å²) in [4.78, 5) is 0. The van der Waals surface area contributed by atoms with E-state index in [1.165, 1.54) is 98.7 Å². The minimum atomic E-state index is -5.16. The number of benzene rings is 6. The predicted octanol–water partition coefficient (Wildman–Crippen LogP) is 16.9. The average Bonchev–Trinajstić information content (AvgIpc) is 3.88. The van der Waals surface area contributed by atoms with Gasteiger partial charge in [0.25, 0.3) is 0 Å². The van der Waals surface area contributed by atoms with Crippen LogP contribution in [0.2, 0.25) is 91.7 Å². The second-order valence-corrected chi connectivity index (χ2v) is 87.5. The molecule has 0 nitrogen and oxygen atoms in total. The second kappa shape index (κ2) is 18.4. The average molecular weight is 1100 g/mol. The number of hydrogen-bond acceptors (Lipinski definition) is 0. The van der Waals surface area contributed by atoms with E-state index in [0.717, 1.165) is 12.8 Å². The molecule has 0 aliphatic heterocycles. The van der Waals surface area contributed by atoms with Gasteiger partial charge in [0, 0.05) is 0 Å². The van der Waals surface area contributed by atoms with Gasteiger partial charge in [-0.3, -0.25) is 0 Å². The Morgan fingerprint density at radius 3 is 1.00 bits per heavy atom. The SMILES string of the molecule is CCC1=Cc2c(ccc(-c3ccccc3)c2-c2cc([Si](C)(C)C)cc([Si](C)(C)C)c2)[CH]1[Zr]([Cl])([Cl])([CH]1C(CC)=Cc2c1ccc(-c1ccccc1)c2-c1cc([Si](C)(C)C)cc([Si](C)(C)C)c1)[SiH](C)C. The van der Waals surface area contributed by atoms with E-state index in [1.54, 1.807) is 0 Å². The molecule has 68 heavy (non-hydrogen) atoms. The third-order valence-electron chi connectivity index (χ3n) is 15.7. The first-order valence-electron chi connectivity index (χ1n) is 25.4. The summed E-state index contributed by atoms with van der Waals surface area (Å²) in [5.41, 5.74) is 18.8. The van der Waals surface area contributed by atoms with Crippen molar-refractivity contribution in [3.05, 3.63) is 155 Å². The molecular weight excluding hydrogens is 1020 g/mol. The summed E-state index contributed by atoms with van der Waals surface area (Å²) in [7, 11) is 11.6. The Morgan fingerprint density at radius 2 is 0.735 bits per heavy atom. The maximum atomic E-state index is 9.17. The fourth-order valence-corrected chi connectivity index (χ4v) is 48.2. The Balaban J connectivity index is 1.44. The molecule has 0 radical (unpaired) electrons. The summed E-state index contributed by atoms with van der Waals surface area (Å²) < 4.78 is 0.0343. The second-order valence-electron chi connectivity index (χ2n) is 24.7. The molecule has 0 aromatic heterocycles. The standard InChI is InChI=1S/2C29H35Si2.C2H7Si.2ClH.Zr/c2*1-8-21-16-23-14-15-27(22-12-10-9-11-13-22)29(28(23)17-21)24-18-25(30(2,3)4)20-26(19-24)31(5,6)7;1-3-2;;;/h2*9-20H,8H2,1-7H3;3H,1-2H3;2*1H;/q;;;;;+2/p-2. The number of allylic oxidation sites excluding steroid dienone is 2. The fourth-order valence-electron chi connectivity index (χ4n) is 11.4. The molecule has 2 aliphatic carbocycles. The van der Waals surface area contributed by atoms with E-state index in [2.05, 4.69) is 239 Å². The van der Waals surface area contributed by atoms with Crippen LogP contribution in [-0.2, 0) is 15.6 Å². The molecule has 0 spiro atoms. The fraction of sp³-hybridized carbons (Fsp3) is 0.333. The van der Waals surface area contributed by atoms with Crippen molar-refractivity contribution in [3.8, 4) is 44.5 Å². The summed E-state index contributed by atoms with van der Waals surface area (Å²) >= 11 is -5.16. The summed E-state index contributed by atoms with van der Waals surface area (Å²) in [5, 5.41) is 6.13. The Kier molecular flexibility index (Phi) is 14.0. The van der Waals surface area contributed by atoms with Gasteiger partial charge in [0.1, 0.15) is 0 Å². The molecular formula is C60H77Cl2Si5Zr. The van der Waals surface area contributed by atoms with Gasteiger partial charge < -0.3 is 0 Å². The summed E-state index contributed by atoms with van der Waals surface area (Å²) in [6.07, 6.45) is 7.01. The van der Waals surface area contributed by atoms with E-state index < -0.39 is 53.8 Å². The van der Waals surface area contributed by atoms with Gasteiger partial charge in [-0.2, -0.15) is 0 Å². The summed E-state index contributed by atoms with van der Waals surface area (Å²) in [6, 6.07) is 47.4. The van der Waals surface area contributed by atoms with Crippen LogP contribution in [0.4, 0.5) is 0 Å². The van der Waals surface area contributed by atoms with E-state index in [4.69, 9.17) is 0 Å². The molecule has 355 valence electrons. The molecule has 2 aliphatic rings. The van der Waals surface area contributed by atoms with Crippen molar-refractivity contribution in [1.29, 1.82) is 0 Å². The van der Waals surface area contributed by atoms with Crippen LogP contribution in [-0.4, -0.2) is 38.2 Å². The van der Waals surface area contributed by atoms with Crippen molar-refractivity contribution in [2.45, 2.75) is 126 Å². The molecule has 0 fully saturated rings. The molecule has 2 atom stereocenters. The first kappa shape index (κ1) is 51.7. The third-order valence-corrected chi connectivity index (χ3v) is 75.6. The molecule has 0 N–H and O–H groups in total. The third kappa shape index (κ3) is 9.23. The van der Waals surface area contributed by atoms with Crippen molar-refractivity contribution >= 4 is 88.1 Å². The molecule has 2 unspecified atom stereocenters. The van der Waals surface area contributed by atoms with Gasteiger partial charge in [-0.05, 0) is 0 Å². The molecule has 8 heteroatoms. The first-order chi connectivity index (χ1) is 31.7. The van der Waals surface area contributed by atoms with Gasteiger partial charge in [0.2, 0.25) is 0 Å². The zero-order valence-electron chi connectivity index (χ0n) is 44.1. The molecule has 0 saturated carbocycles. The molecule has 0 bridgehead atoms. The zero-order chi connectivity index (χ0) is 49.5. The normalized spacial score (nSPS) is 17.1. The summed E-state index contributed by atoms with van der Waals surface area (Å²) in [6.45, 7) is 39.7. The van der Waals surface area contributed by atoms with Crippen molar-refractivity contribution in [2.75, 3.05) is 0 Å². The molecule has 0 heterocycles. The van der Waals surface area contributed by atoms with Gasteiger partial charge in [0.05, 0.1) is 0 Å². The maximum absolute atomic E-state index is 9.17. The molecule has 0 saturated heterocycles. The topological polar surface area (TPSA) is 0 Å². The van der Waals surface area contributed by atoms with Gasteiger partial charge >= 0.3 is 429 Å². The van der Waals surface area contributed by atoms with Crippen molar-refractivity contribution in [1.82, 2.24) is 0 Å². The van der Waals surface area contributed by atoms with Crippen LogP contribution >= 0.6 is 17.0 Å². The Morgan fingerprint density at radius 1 is 0.426 bits per heavy atom. The van der Waals surface area contributed by atoms with E-state index in [-0.39, 0.29) is 7.25 Å². The van der Waals surface area contributed by atoms with Crippen LogP contribution in [0.3, 0.4) is 0 Å². The number of fused-ring (bicyclic) bond motifs is 2. The van der Waals surface area contributed by atoms with E-state index in [0.29, 0.717) is 0 Å². The number of hydrogen-bond donors (Lipinski definition) is 0. The van der Waals surface area contributed by atoms with Crippen molar-refractivity contribution in [2.24, 2.45) is 0 Å². The molecule has 0 amide bonds. The van der Waals surface area contributed by atoms with Gasteiger partial charge in [-0.25, -0.2) is 0 Å². The van der Waals surface area contributed by atoms with Gasteiger partial charge in [0.15, 0.2) is 0 Å². The van der Waals surface area contributed by atoms with Gasteiger partial charge in [-0.1, -0.05) is 0 Å². The van der Waals surface area contributed by atoms with E-state index >= 15 is 0 Å². The van der Waals surface area contributed by atoms with Crippen LogP contribution in [0.5, 0.6) is 0 Å². The van der Waals surface area contributed by atoms with Crippen LogP contribution < -0.4 is 20.7 Å². The van der Waals surface area contributed by atoms with E-state index in [9.17, 15) is 17.0 Å². The molecule has 6 aromatic carbocycles.